The Kier molecular flexibility index (Phi) is 4.55. The summed E-state index contributed by atoms with van der Waals surface area (Å²) in [6, 6.07) is 7.53. The van der Waals surface area contributed by atoms with Gasteiger partial charge in [-0.1, -0.05) is 0 Å². The number of methoxy groups -OCH3 is 1. The van der Waals surface area contributed by atoms with Gasteiger partial charge in [-0.2, -0.15) is 0 Å². The third-order valence-corrected chi connectivity index (χ3v) is 6.11. The molecule has 6 nitrogen and oxygen atoms in total. The van der Waals surface area contributed by atoms with E-state index in [0.717, 1.165) is 11.3 Å². The number of ether oxygens (including phenoxy) is 1. The maximum atomic E-state index is 12.3. The summed E-state index contributed by atoms with van der Waals surface area (Å²) < 4.78 is 31.9. The zero-order valence-electron chi connectivity index (χ0n) is 10.8. The van der Waals surface area contributed by atoms with Gasteiger partial charge in [0.15, 0.2) is 0 Å². The SMILES string of the molecule is COC(=O)c1cc(S(=O)(=O)Nc2ccc(N)cc2)c(Br)s1. The number of esters is 1. The molecule has 3 N–H and O–H groups in total. The van der Waals surface area contributed by atoms with Crippen LogP contribution < -0.4 is 10.5 Å². The summed E-state index contributed by atoms with van der Waals surface area (Å²) in [6.45, 7) is 0. The highest BCUT2D eigenvalue weighted by molar-refractivity contribution is 9.11. The number of thiophene rings is 1. The summed E-state index contributed by atoms with van der Waals surface area (Å²) in [5.41, 5.74) is 6.45. The molecule has 0 spiro atoms. The Bertz CT molecular complexity index is 769. The second-order valence-electron chi connectivity index (χ2n) is 3.97. The zero-order chi connectivity index (χ0) is 15.6. The predicted molar refractivity (Wildman–Crippen MR) is 85.0 cm³/mol. The highest BCUT2D eigenvalue weighted by Gasteiger charge is 2.23. The molecule has 1 aromatic heterocycles. The molecule has 0 aliphatic rings. The molecule has 9 heteroatoms. The van der Waals surface area contributed by atoms with Crippen LogP contribution in [-0.2, 0) is 14.8 Å². The number of nitrogens with one attached hydrogen (secondary N) is 1. The predicted octanol–water partition coefficient (Wildman–Crippen LogP) is 2.68. The van der Waals surface area contributed by atoms with Gasteiger partial charge in [-0.05, 0) is 46.3 Å². The molecular formula is C12H11BrN2O4S2. The number of carbonyl (C=O) groups excluding carboxylic acids is 1. The van der Waals surface area contributed by atoms with Crippen molar-refractivity contribution in [1.29, 1.82) is 0 Å². The Labute approximate surface area is 134 Å². The molecule has 0 aliphatic carbocycles. The molecule has 112 valence electrons. The molecule has 0 atom stereocenters. The number of sulfonamides is 1. The van der Waals surface area contributed by atoms with Crippen LogP contribution in [0.3, 0.4) is 0 Å². The van der Waals surface area contributed by atoms with Gasteiger partial charge in [0.1, 0.15) is 9.77 Å². The molecule has 0 fully saturated rings. The number of halogens is 1. The van der Waals surface area contributed by atoms with Crippen LogP contribution >= 0.6 is 27.3 Å². The number of carbonyl (C=O) groups is 1. The molecule has 0 amide bonds. The van der Waals surface area contributed by atoms with Crippen molar-refractivity contribution in [1.82, 2.24) is 0 Å². The quantitative estimate of drug-likeness (QED) is 0.617. The fourth-order valence-electron chi connectivity index (χ4n) is 1.50. The molecule has 0 radical (unpaired) electrons. The Morgan fingerprint density at radius 3 is 2.52 bits per heavy atom. The summed E-state index contributed by atoms with van der Waals surface area (Å²) in [4.78, 5) is 11.6. The van der Waals surface area contributed by atoms with E-state index < -0.39 is 16.0 Å². The number of hydrogen-bond donors (Lipinski definition) is 2. The highest BCUT2D eigenvalue weighted by Crippen LogP contribution is 2.33. The first-order valence-corrected chi connectivity index (χ1v) is 8.69. The lowest BCUT2D eigenvalue weighted by Gasteiger charge is -2.07. The van der Waals surface area contributed by atoms with E-state index in [9.17, 15) is 13.2 Å². The summed E-state index contributed by atoms with van der Waals surface area (Å²) in [5.74, 6) is -0.588. The third kappa shape index (κ3) is 3.55. The van der Waals surface area contributed by atoms with E-state index in [0.29, 0.717) is 15.2 Å². The van der Waals surface area contributed by atoms with Gasteiger partial charge in [0.05, 0.1) is 10.9 Å². The van der Waals surface area contributed by atoms with Crippen LogP contribution in [0.1, 0.15) is 9.67 Å². The minimum Gasteiger partial charge on any atom is -0.465 e. The summed E-state index contributed by atoms with van der Waals surface area (Å²) in [7, 11) is -2.58. The van der Waals surface area contributed by atoms with Crippen LogP contribution in [0, 0.1) is 0 Å². The molecule has 0 saturated heterocycles. The maximum absolute atomic E-state index is 12.3. The van der Waals surface area contributed by atoms with Gasteiger partial charge >= 0.3 is 5.97 Å². The van der Waals surface area contributed by atoms with Gasteiger partial charge < -0.3 is 10.5 Å². The van der Waals surface area contributed by atoms with Gasteiger partial charge in [0, 0.05) is 11.4 Å². The molecular weight excluding hydrogens is 380 g/mol. The van der Waals surface area contributed by atoms with Crippen LogP contribution in [0.4, 0.5) is 11.4 Å². The van der Waals surface area contributed by atoms with Gasteiger partial charge in [-0.3, -0.25) is 4.72 Å². The smallest absolute Gasteiger partial charge is 0.348 e. The van der Waals surface area contributed by atoms with E-state index in [1.165, 1.54) is 13.2 Å². The van der Waals surface area contributed by atoms with Crippen LogP contribution in [0.2, 0.25) is 0 Å². The van der Waals surface area contributed by atoms with E-state index in [2.05, 4.69) is 25.4 Å². The number of benzene rings is 1. The molecule has 0 unspecified atom stereocenters. The number of nitrogen functional groups attached to an aromatic ring is 1. The Morgan fingerprint density at radius 2 is 1.95 bits per heavy atom. The number of rotatable bonds is 4. The van der Waals surface area contributed by atoms with Gasteiger partial charge in [0.25, 0.3) is 10.0 Å². The van der Waals surface area contributed by atoms with Crippen LogP contribution in [0.25, 0.3) is 0 Å². The highest BCUT2D eigenvalue weighted by atomic mass is 79.9. The topological polar surface area (TPSA) is 98.5 Å². The first-order chi connectivity index (χ1) is 9.83. The average Bonchev–Trinajstić information content (AvgIpc) is 2.83. The van der Waals surface area contributed by atoms with Crippen molar-refractivity contribution in [3.05, 3.63) is 39.0 Å². The van der Waals surface area contributed by atoms with E-state index in [1.54, 1.807) is 24.3 Å². The van der Waals surface area contributed by atoms with Crippen molar-refractivity contribution in [2.75, 3.05) is 17.6 Å². The molecule has 1 aromatic carbocycles. The second-order valence-corrected chi connectivity index (χ2v) is 7.99. The summed E-state index contributed by atoms with van der Waals surface area (Å²) >= 11 is 4.14. The molecule has 0 saturated carbocycles. The standard InChI is InChI=1S/C12H11BrN2O4S2/c1-19-12(16)9-6-10(11(13)20-9)21(17,18)15-8-4-2-7(14)3-5-8/h2-6,15H,14H2,1H3. The van der Waals surface area contributed by atoms with E-state index in [-0.39, 0.29) is 9.77 Å². The third-order valence-electron chi connectivity index (χ3n) is 2.49. The second kappa shape index (κ2) is 6.04. The average molecular weight is 391 g/mol. The summed E-state index contributed by atoms with van der Waals surface area (Å²) in [6.07, 6.45) is 0. The monoisotopic (exact) mass is 390 g/mol. The number of nitrogens with two attached hydrogens (primary N) is 1. The van der Waals surface area contributed by atoms with Crippen LogP contribution in [-0.4, -0.2) is 21.5 Å². The van der Waals surface area contributed by atoms with Crippen molar-refractivity contribution in [3.8, 4) is 0 Å². The number of hydrogen-bond acceptors (Lipinski definition) is 6. The van der Waals surface area contributed by atoms with Crippen LogP contribution in [0.5, 0.6) is 0 Å². The van der Waals surface area contributed by atoms with Crippen LogP contribution in [0.15, 0.2) is 39.0 Å². The van der Waals surface area contributed by atoms with E-state index in [1.807, 2.05) is 0 Å². The largest absolute Gasteiger partial charge is 0.465 e. The Morgan fingerprint density at radius 1 is 1.33 bits per heavy atom. The summed E-state index contributed by atoms with van der Waals surface area (Å²) in [5, 5.41) is 0. The molecule has 1 heterocycles. The molecule has 0 aliphatic heterocycles. The Balaban J connectivity index is 2.33. The lowest BCUT2D eigenvalue weighted by molar-refractivity contribution is 0.0606. The molecule has 2 aromatic rings. The van der Waals surface area contributed by atoms with Crippen molar-refractivity contribution >= 4 is 54.6 Å². The van der Waals surface area contributed by atoms with Gasteiger partial charge in [-0.25, -0.2) is 13.2 Å². The van der Waals surface area contributed by atoms with Gasteiger partial charge in [-0.15, -0.1) is 11.3 Å². The molecule has 0 bridgehead atoms. The van der Waals surface area contributed by atoms with Gasteiger partial charge in [0.2, 0.25) is 0 Å². The number of anilines is 2. The molecule has 21 heavy (non-hydrogen) atoms. The lowest BCUT2D eigenvalue weighted by atomic mass is 10.3. The first-order valence-electron chi connectivity index (χ1n) is 5.59. The van der Waals surface area contributed by atoms with Crippen molar-refractivity contribution in [2.24, 2.45) is 0 Å². The molecule has 2 rings (SSSR count). The van der Waals surface area contributed by atoms with Crippen molar-refractivity contribution in [3.63, 3.8) is 0 Å². The normalized spacial score (nSPS) is 11.1. The Hall–Kier alpha value is -1.58. The van der Waals surface area contributed by atoms with E-state index in [4.69, 9.17) is 5.73 Å². The first kappa shape index (κ1) is 15.8. The fraction of sp³-hybridized carbons (Fsp3) is 0.0833. The minimum absolute atomic E-state index is 0.0234. The van der Waals surface area contributed by atoms with E-state index >= 15 is 0 Å². The zero-order valence-corrected chi connectivity index (χ0v) is 14.0. The minimum atomic E-state index is -3.81. The maximum Gasteiger partial charge on any atom is 0.348 e. The lowest BCUT2D eigenvalue weighted by Crippen LogP contribution is -2.12. The van der Waals surface area contributed by atoms with Crippen molar-refractivity contribution < 1.29 is 17.9 Å². The van der Waals surface area contributed by atoms with Crippen molar-refractivity contribution in [2.45, 2.75) is 4.90 Å². The fourth-order valence-corrected chi connectivity index (χ4v) is 5.04.